The van der Waals surface area contributed by atoms with Crippen LogP contribution in [-0.2, 0) is 9.59 Å². The summed E-state index contributed by atoms with van der Waals surface area (Å²) in [6, 6.07) is 20.2. The summed E-state index contributed by atoms with van der Waals surface area (Å²) in [6.07, 6.45) is 0. The van der Waals surface area contributed by atoms with E-state index < -0.39 is 0 Å². The van der Waals surface area contributed by atoms with Crippen LogP contribution in [0.2, 0.25) is 0 Å². The highest BCUT2D eigenvalue weighted by Crippen LogP contribution is 2.30. The number of hydrogen-bond acceptors (Lipinski definition) is 4. The molecule has 6 heteroatoms. The molecule has 140 valence electrons. The number of carbonyl (C=O) groups is 2. The van der Waals surface area contributed by atoms with Gasteiger partial charge in [-0.05, 0) is 36.4 Å². The summed E-state index contributed by atoms with van der Waals surface area (Å²) in [4.78, 5) is 23.6. The lowest BCUT2D eigenvalue weighted by Gasteiger charge is -2.11. The monoisotopic (exact) mass is 374 g/mol. The lowest BCUT2D eigenvalue weighted by Crippen LogP contribution is -2.20. The Labute approximate surface area is 161 Å². The molecule has 0 unspecified atom stereocenters. The molecule has 28 heavy (non-hydrogen) atoms. The molecular weight excluding hydrogens is 356 g/mol. The highest BCUT2D eigenvalue weighted by molar-refractivity contribution is 6.07. The van der Waals surface area contributed by atoms with Crippen molar-refractivity contribution in [2.75, 3.05) is 17.2 Å². The van der Waals surface area contributed by atoms with Gasteiger partial charge in [-0.25, -0.2) is 0 Å². The minimum absolute atomic E-state index is 0.180. The molecule has 1 aromatic heterocycles. The fourth-order valence-corrected chi connectivity index (χ4v) is 3.03. The number of fused-ring (bicyclic) bond motifs is 3. The van der Waals surface area contributed by atoms with Gasteiger partial charge >= 0.3 is 0 Å². The number of furan rings is 1. The molecule has 6 nitrogen and oxygen atoms in total. The van der Waals surface area contributed by atoms with E-state index in [0.717, 1.165) is 21.9 Å². The first-order valence-corrected chi connectivity index (χ1v) is 8.81. The average Bonchev–Trinajstić information content (AvgIpc) is 3.05. The average molecular weight is 374 g/mol. The first-order valence-electron chi connectivity index (χ1n) is 8.81. The normalized spacial score (nSPS) is 10.8. The molecule has 0 spiro atoms. The molecule has 3 aromatic carbocycles. The Balaban J connectivity index is 1.47. The van der Waals surface area contributed by atoms with Crippen LogP contribution in [0.1, 0.15) is 6.92 Å². The number of para-hydroxylation sites is 3. The minimum atomic E-state index is -0.301. The van der Waals surface area contributed by atoms with Crippen molar-refractivity contribution in [1.82, 2.24) is 0 Å². The zero-order valence-corrected chi connectivity index (χ0v) is 15.2. The topological polar surface area (TPSA) is 80.6 Å². The number of carbonyl (C=O) groups excluding carboxylic acids is 2. The van der Waals surface area contributed by atoms with Crippen molar-refractivity contribution in [2.24, 2.45) is 0 Å². The summed E-state index contributed by atoms with van der Waals surface area (Å²) >= 11 is 0. The predicted molar refractivity (Wildman–Crippen MR) is 109 cm³/mol. The van der Waals surface area contributed by atoms with E-state index in [2.05, 4.69) is 10.6 Å². The maximum absolute atomic E-state index is 12.3. The van der Waals surface area contributed by atoms with Crippen molar-refractivity contribution in [3.05, 3.63) is 66.7 Å². The number of hydrogen-bond donors (Lipinski definition) is 2. The number of ether oxygens (including phenoxy) is 1. The molecule has 4 rings (SSSR count). The Bertz CT molecular complexity index is 1180. The molecule has 2 N–H and O–H groups in total. The zero-order valence-electron chi connectivity index (χ0n) is 15.2. The maximum Gasteiger partial charge on any atom is 0.262 e. The van der Waals surface area contributed by atoms with Crippen LogP contribution in [0.3, 0.4) is 0 Å². The molecular formula is C22H18N2O4. The summed E-state index contributed by atoms with van der Waals surface area (Å²) in [6.45, 7) is 1.24. The summed E-state index contributed by atoms with van der Waals surface area (Å²) in [5.74, 6) is -0.0740. The van der Waals surface area contributed by atoms with Crippen LogP contribution < -0.4 is 15.4 Å². The number of anilines is 2. The molecule has 0 fully saturated rings. The lowest BCUT2D eigenvalue weighted by molar-refractivity contribution is -0.118. The van der Waals surface area contributed by atoms with E-state index in [-0.39, 0.29) is 18.4 Å². The van der Waals surface area contributed by atoms with E-state index in [0.29, 0.717) is 17.1 Å². The van der Waals surface area contributed by atoms with Crippen LogP contribution >= 0.6 is 0 Å². The van der Waals surface area contributed by atoms with Gasteiger partial charge in [0, 0.05) is 23.4 Å². The Morgan fingerprint density at radius 1 is 0.893 bits per heavy atom. The molecule has 2 amide bonds. The van der Waals surface area contributed by atoms with E-state index in [1.54, 1.807) is 30.3 Å². The van der Waals surface area contributed by atoms with Crippen molar-refractivity contribution in [1.29, 1.82) is 0 Å². The van der Waals surface area contributed by atoms with Gasteiger partial charge in [0.1, 0.15) is 16.9 Å². The van der Waals surface area contributed by atoms with E-state index in [1.807, 2.05) is 36.4 Å². The molecule has 0 atom stereocenters. The third-order valence-electron chi connectivity index (χ3n) is 4.22. The SMILES string of the molecule is CC(=O)Nc1ccccc1OCC(=O)Nc1ccc2oc3ccccc3c2c1. The van der Waals surface area contributed by atoms with Crippen LogP contribution in [0.4, 0.5) is 11.4 Å². The van der Waals surface area contributed by atoms with Gasteiger partial charge in [0.15, 0.2) is 6.61 Å². The summed E-state index contributed by atoms with van der Waals surface area (Å²) in [5.41, 5.74) is 2.75. The Morgan fingerprint density at radius 3 is 2.50 bits per heavy atom. The standard InChI is InChI=1S/C22H18N2O4/c1-14(25)23-18-7-3-5-9-21(18)27-13-22(26)24-15-10-11-20-17(12-15)16-6-2-4-8-19(16)28-20/h2-12H,13H2,1H3,(H,23,25)(H,24,26). The second kappa shape index (κ2) is 7.44. The minimum Gasteiger partial charge on any atom is -0.482 e. The molecule has 0 saturated heterocycles. The lowest BCUT2D eigenvalue weighted by atomic mass is 10.1. The van der Waals surface area contributed by atoms with Crippen molar-refractivity contribution < 1.29 is 18.7 Å². The van der Waals surface area contributed by atoms with Gasteiger partial charge in [-0.15, -0.1) is 0 Å². The highest BCUT2D eigenvalue weighted by Gasteiger charge is 2.10. The number of nitrogens with one attached hydrogen (secondary N) is 2. The van der Waals surface area contributed by atoms with Crippen molar-refractivity contribution in [3.63, 3.8) is 0 Å². The summed E-state index contributed by atoms with van der Waals surface area (Å²) < 4.78 is 11.4. The van der Waals surface area contributed by atoms with Gasteiger partial charge in [0.2, 0.25) is 5.91 Å². The van der Waals surface area contributed by atoms with Crippen molar-refractivity contribution in [3.8, 4) is 5.75 Å². The number of rotatable bonds is 5. The third-order valence-corrected chi connectivity index (χ3v) is 4.22. The van der Waals surface area contributed by atoms with E-state index in [4.69, 9.17) is 9.15 Å². The smallest absolute Gasteiger partial charge is 0.262 e. The largest absolute Gasteiger partial charge is 0.482 e. The van der Waals surface area contributed by atoms with Gasteiger partial charge in [0.25, 0.3) is 5.91 Å². The molecule has 1 heterocycles. The Kier molecular flexibility index (Phi) is 4.68. The van der Waals surface area contributed by atoms with Gasteiger partial charge in [-0.3, -0.25) is 9.59 Å². The molecule has 0 aliphatic rings. The fraction of sp³-hybridized carbons (Fsp3) is 0.0909. The third kappa shape index (κ3) is 3.66. The van der Waals surface area contributed by atoms with Gasteiger partial charge in [-0.2, -0.15) is 0 Å². The van der Waals surface area contributed by atoms with Gasteiger partial charge in [-0.1, -0.05) is 30.3 Å². The first kappa shape index (κ1) is 17.6. The van der Waals surface area contributed by atoms with E-state index in [1.165, 1.54) is 6.92 Å². The zero-order chi connectivity index (χ0) is 19.5. The van der Waals surface area contributed by atoms with Crippen molar-refractivity contribution in [2.45, 2.75) is 6.92 Å². The maximum atomic E-state index is 12.3. The van der Waals surface area contributed by atoms with E-state index in [9.17, 15) is 9.59 Å². The molecule has 0 radical (unpaired) electrons. The highest BCUT2D eigenvalue weighted by atomic mass is 16.5. The van der Waals surface area contributed by atoms with Crippen LogP contribution in [0.5, 0.6) is 5.75 Å². The fourth-order valence-electron chi connectivity index (χ4n) is 3.03. The Morgan fingerprint density at radius 2 is 1.64 bits per heavy atom. The first-order chi connectivity index (χ1) is 13.6. The van der Waals surface area contributed by atoms with Gasteiger partial charge in [0.05, 0.1) is 5.69 Å². The van der Waals surface area contributed by atoms with Crippen LogP contribution in [0.25, 0.3) is 21.9 Å². The van der Waals surface area contributed by atoms with Crippen LogP contribution in [-0.4, -0.2) is 18.4 Å². The summed E-state index contributed by atoms with van der Waals surface area (Å²) in [5, 5.41) is 7.43. The second-order valence-corrected chi connectivity index (χ2v) is 6.32. The second-order valence-electron chi connectivity index (χ2n) is 6.32. The molecule has 0 saturated carbocycles. The molecule has 0 aliphatic heterocycles. The predicted octanol–water partition coefficient (Wildman–Crippen LogP) is 4.56. The quantitative estimate of drug-likeness (QED) is 0.536. The molecule has 4 aromatic rings. The molecule has 0 aliphatic carbocycles. The molecule has 0 bridgehead atoms. The summed E-state index contributed by atoms with van der Waals surface area (Å²) in [7, 11) is 0. The Hall–Kier alpha value is -3.80. The van der Waals surface area contributed by atoms with Crippen LogP contribution in [0.15, 0.2) is 71.1 Å². The van der Waals surface area contributed by atoms with Crippen LogP contribution in [0, 0.1) is 0 Å². The number of amides is 2. The van der Waals surface area contributed by atoms with Crippen molar-refractivity contribution >= 4 is 45.1 Å². The van der Waals surface area contributed by atoms with E-state index >= 15 is 0 Å². The number of benzene rings is 3. The van der Waals surface area contributed by atoms with Gasteiger partial charge < -0.3 is 19.8 Å².